The Labute approximate surface area is 67.4 Å². The number of imidazole rings is 1. The first-order valence-electron chi connectivity index (χ1n) is 2.34. The first kappa shape index (κ1) is 7.25. The summed E-state index contributed by atoms with van der Waals surface area (Å²) >= 11 is 16.6. The third-order valence-electron chi connectivity index (χ3n) is 0.905. The summed E-state index contributed by atoms with van der Waals surface area (Å²) in [7, 11) is 0. The smallest absolute Gasteiger partial charge is 0.393 e. The summed E-state index contributed by atoms with van der Waals surface area (Å²) < 4.78 is -0.471. The van der Waals surface area contributed by atoms with Gasteiger partial charge in [-0.1, -0.05) is 0 Å². The monoisotopic (exact) mass is 184 g/mol. The highest BCUT2D eigenvalue weighted by Crippen LogP contribution is 2.13. The highest BCUT2D eigenvalue weighted by molar-refractivity contribution is 7.61. The van der Waals surface area contributed by atoms with Crippen LogP contribution in [0.15, 0.2) is 18.7 Å². The molecule has 0 aliphatic carbocycles. The molecule has 0 fully saturated rings. The number of halogens is 3. The van der Waals surface area contributed by atoms with E-state index in [1.54, 1.807) is 18.7 Å². The molecule has 0 atom stereocenters. The van der Waals surface area contributed by atoms with Gasteiger partial charge < -0.3 is 4.48 Å². The third kappa shape index (κ3) is 1.78. The number of nitrogens with one attached hydrogen (secondary N) is 1. The molecule has 1 aromatic rings. The van der Waals surface area contributed by atoms with Gasteiger partial charge in [-0.2, -0.15) is 0 Å². The Hall–Kier alpha value is 0.145. The molecule has 0 amide bonds. The fraction of sp³-hybridized carbons (Fsp3) is 0. The van der Waals surface area contributed by atoms with E-state index in [1.807, 2.05) is 0 Å². The second-order valence-corrected chi connectivity index (χ2v) is 4.16. The fourth-order valence-electron chi connectivity index (χ4n) is 0.483. The molecule has 0 unspecified atom stereocenters. The number of aromatic nitrogens is 2. The molecule has 0 spiro atoms. The predicted molar refractivity (Wildman–Crippen MR) is 39.7 cm³/mol. The lowest BCUT2D eigenvalue weighted by atomic mass is 10.3. The zero-order chi connectivity index (χ0) is 6.91. The van der Waals surface area contributed by atoms with Crippen molar-refractivity contribution < 1.29 is 4.48 Å². The maximum absolute atomic E-state index is 5.54. The van der Waals surface area contributed by atoms with E-state index in [2.05, 4.69) is 4.98 Å². The average Bonchev–Trinajstić information content (AvgIpc) is 2.08. The van der Waals surface area contributed by atoms with E-state index in [4.69, 9.17) is 34.4 Å². The molecule has 9 heavy (non-hydrogen) atoms. The quantitative estimate of drug-likeness (QED) is 0.636. The Morgan fingerprint density at radius 2 is 2.00 bits per heavy atom. The molecule has 6 heteroatoms. The maximum Gasteiger partial charge on any atom is 0.443 e. The van der Waals surface area contributed by atoms with Crippen LogP contribution < -0.4 is 4.48 Å². The van der Waals surface area contributed by atoms with Gasteiger partial charge >= 0.3 is 4.53 Å². The number of rotatable bonds is 1. The van der Waals surface area contributed by atoms with Gasteiger partial charge in [-0.25, -0.2) is 0 Å². The molecule has 0 saturated carbocycles. The Bertz CT molecular complexity index is 179. The van der Waals surface area contributed by atoms with Gasteiger partial charge in [-0.15, -0.1) is 0 Å². The van der Waals surface area contributed by atoms with E-state index in [9.17, 15) is 0 Å². The minimum absolute atomic E-state index is 1.49. The van der Waals surface area contributed by atoms with Crippen LogP contribution in [-0.2, 0) is 0 Å². The molecule has 0 aliphatic rings. The van der Waals surface area contributed by atoms with Crippen LogP contribution >= 0.6 is 34.4 Å². The van der Waals surface area contributed by atoms with Crippen molar-refractivity contribution in [2.75, 3.05) is 0 Å². The average molecular weight is 185 g/mol. The van der Waals surface area contributed by atoms with Gasteiger partial charge in [0.05, 0.1) is 6.20 Å². The SMILES string of the molecule is Cl[B-](Cl)(Cl)[n+]1cc[nH]c1. The molecule has 1 heterocycles. The van der Waals surface area contributed by atoms with Crippen LogP contribution in [0.4, 0.5) is 0 Å². The number of aromatic amines is 1. The minimum atomic E-state index is -1.96. The number of nitrogens with zero attached hydrogens (tertiary/aromatic N) is 1. The zero-order valence-corrected chi connectivity index (χ0v) is 6.66. The molecule has 1 rings (SSSR count). The molecular formula is C3H4BCl3N2. The van der Waals surface area contributed by atoms with E-state index >= 15 is 0 Å². The summed E-state index contributed by atoms with van der Waals surface area (Å²) in [4.78, 5) is 2.76. The summed E-state index contributed by atoms with van der Waals surface area (Å²) in [6, 6.07) is 0. The lowest BCUT2D eigenvalue weighted by Crippen LogP contribution is -2.50. The van der Waals surface area contributed by atoms with Crippen LogP contribution in [-0.4, -0.2) is 9.51 Å². The molecule has 0 radical (unpaired) electrons. The van der Waals surface area contributed by atoms with Crippen LogP contribution in [0.25, 0.3) is 0 Å². The molecule has 1 N–H and O–H groups in total. The highest BCUT2D eigenvalue weighted by Gasteiger charge is 2.21. The van der Waals surface area contributed by atoms with Crippen molar-refractivity contribution in [2.45, 2.75) is 0 Å². The Kier molecular flexibility index (Phi) is 1.94. The normalized spacial score (nSPS) is 11.9. The van der Waals surface area contributed by atoms with Crippen molar-refractivity contribution in [1.29, 1.82) is 0 Å². The molecule has 0 bridgehead atoms. The number of hydrogen-bond donors (Lipinski definition) is 1. The molecular weight excluding hydrogens is 181 g/mol. The van der Waals surface area contributed by atoms with Gasteiger partial charge in [-0.3, -0.25) is 39.4 Å². The first-order valence-corrected chi connectivity index (χ1v) is 3.65. The molecule has 0 aromatic carbocycles. The second kappa shape index (κ2) is 2.41. The van der Waals surface area contributed by atoms with Gasteiger partial charge in [-0.05, 0) is 0 Å². The summed E-state index contributed by atoms with van der Waals surface area (Å²) in [6.07, 6.45) is 4.93. The van der Waals surface area contributed by atoms with Crippen molar-refractivity contribution >= 4 is 38.9 Å². The lowest BCUT2D eigenvalue weighted by molar-refractivity contribution is -0.531. The molecule has 0 saturated heterocycles. The van der Waals surface area contributed by atoms with Crippen LogP contribution in [0, 0.1) is 0 Å². The van der Waals surface area contributed by atoms with E-state index in [0.29, 0.717) is 0 Å². The lowest BCUT2D eigenvalue weighted by Gasteiger charge is -2.12. The van der Waals surface area contributed by atoms with Gasteiger partial charge in [0.2, 0.25) is 0 Å². The first-order chi connectivity index (χ1) is 4.11. The van der Waals surface area contributed by atoms with Crippen molar-refractivity contribution in [3.8, 4) is 0 Å². The third-order valence-corrected chi connectivity index (χ3v) is 1.58. The van der Waals surface area contributed by atoms with Crippen LogP contribution in [0.3, 0.4) is 0 Å². The maximum atomic E-state index is 5.54. The van der Waals surface area contributed by atoms with Crippen LogP contribution in [0.5, 0.6) is 0 Å². The topological polar surface area (TPSA) is 19.7 Å². The van der Waals surface area contributed by atoms with E-state index < -0.39 is 4.53 Å². The van der Waals surface area contributed by atoms with E-state index in [1.165, 1.54) is 4.48 Å². The summed E-state index contributed by atoms with van der Waals surface area (Å²) in [5, 5.41) is 0. The highest BCUT2D eigenvalue weighted by atomic mass is 35.6. The van der Waals surface area contributed by atoms with Gasteiger partial charge in [0.15, 0.2) is 6.33 Å². The van der Waals surface area contributed by atoms with Gasteiger partial charge in [0.25, 0.3) is 0 Å². The Balaban J connectivity index is 2.90. The summed E-state index contributed by atoms with van der Waals surface area (Å²) in [5.74, 6) is 0. The van der Waals surface area contributed by atoms with Gasteiger partial charge in [0, 0.05) is 0 Å². The fourth-order valence-corrected chi connectivity index (χ4v) is 0.848. The van der Waals surface area contributed by atoms with Crippen molar-refractivity contribution in [2.24, 2.45) is 0 Å². The van der Waals surface area contributed by atoms with Gasteiger partial charge in [0.1, 0.15) is 6.20 Å². The second-order valence-electron chi connectivity index (χ2n) is 1.60. The molecule has 1 aromatic heterocycles. The van der Waals surface area contributed by atoms with E-state index in [-0.39, 0.29) is 0 Å². The van der Waals surface area contributed by atoms with Crippen molar-refractivity contribution in [3.63, 3.8) is 0 Å². The van der Waals surface area contributed by atoms with Crippen LogP contribution in [0.2, 0.25) is 0 Å². The number of H-pyrrole nitrogens is 1. The Morgan fingerprint density at radius 3 is 2.22 bits per heavy atom. The minimum Gasteiger partial charge on any atom is -0.393 e. The Morgan fingerprint density at radius 1 is 1.33 bits per heavy atom. The summed E-state index contributed by atoms with van der Waals surface area (Å²) in [5.41, 5.74) is 0. The largest absolute Gasteiger partial charge is 0.443 e. The molecule has 50 valence electrons. The molecule has 0 aliphatic heterocycles. The standard InChI is InChI=1S/C3H4BCl3N2/c5-4(6,7)9-2-1-8-3-9/h1-3,8H. The zero-order valence-electron chi connectivity index (χ0n) is 4.39. The van der Waals surface area contributed by atoms with Crippen molar-refractivity contribution in [1.82, 2.24) is 4.98 Å². The predicted octanol–water partition coefficient (Wildman–Crippen LogP) is 1.30. The van der Waals surface area contributed by atoms with Crippen LogP contribution in [0.1, 0.15) is 0 Å². The van der Waals surface area contributed by atoms with E-state index in [0.717, 1.165) is 0 Å². The molecule has 2 nitrogen and oxygen atoms in total. The van der Waals surface area contributed by atoms with Crippen molar-refractivity contribution in [3.05, 3.63) is 18.7 Å². The summed E-state index contributed by atoms with van der Waals surface area (Å²) in [6.45, 7) is 0. The number of hydrogen-bond acceptors (Lipinski definition) is 0.